The molecule has 3 N–H and O–H groups in total. The first kappa shape index (κ1) is 18.9. The second-order valence-corrected chi connectivity index (χ2v) is 6.57. The number of carbonyl (C=O) groups excluding carboxylic acids is 1. The number of amides is 1. The fourth-order valence-corrected chi connectivity index (χ4v) is 3.43. The zero-order valence-electron chi connectivity index (χ0n) is 14.8. The Kier molecular flexibility index (Phi) is 4.95. The molecule has 6 nitrogen and oxygen atoms in total. The number of alkyl halides is 2. The van der Waals surface area contributed by atoms with E-state index in [0.29, 0.717) is 11.4 Å². The molecule has 1 atom stereocenters. The van der Waals surface area contributed by atoms with Crippen LogP contribution in [0.25, 0.3) is 0 Å². The van der Waals surface area contributed by atoms with Gasteiger partial charge in [0.1, 0.15) is 23.2 Å². The number of hydrogen-bond acceptors (Lipinski definition) is 4. The summed E-state index contributed by atoms with van der Waals surface area (Å²) in [5, 5.41) is 13.3. The monoisotopic (exact) mass is 379 g/mol. The summed E-state index contributed by atoms with van der Waals surface area (Å²) in [5.74, 6) is -3.85. The van der Waals surface area contributed by atoms with E-state index in [1.54, 1.807) is 13.0 Å². The number of hydrogen-bond donors (Lipinski definition) is 2. The Hall–Kier alpha value is -2.84. The molecule has 0 saturated carbocycles. The van der Waals surface area contributed by atoms with Crippen LogP contribution in [0.4, 0.5) is 13.2 Å². The lowest BCUT2D eigenvalue weighted by molar-refractivity contribution is -0.115. The molecule has 1 aromatic carbocycles. The van der Waals surface area contributed by atoms with E-state index in [4.69, 9.17) is 11.1 Å². The molecule has 1 fully saturated rings. The number of nitrogens with two attached hydrogens (primary N) is 1. The number of nitrogens with zero attached hydrogens (tertiary/aromatic N) is 3. The van der Waals surface area contributed by atoms with Crippen LogP contribution in [0.2, 0.25) is 0 Å². The highest BCUT2D eigenvalue weighted by Gasteiger charge is 2.47. The van der Waals surface area contributed by atoms with Crippen molar-refractivity contribution in [3.8, 4) is 0 Å². The van der Waals surface area contributed by atoms with Gasteiger partial charge in [0.05, 0.1) is 12.6 Å². The summed E-state index contributed by atoms with van der Waals surface area (Å²) in [4.78, 5) is 13.0. The van der Waals surface area contributed by atoms with Gasteiger partial charge < -0.3 is 10.6 Å². The van der Waals surface area contributed by atoms with E-state index >= 15 is 0 Å². The number of halogens is 3. The number of allylic oxidation sites excluding steroid dienone is 1. The van der Waals surface area contributed by atoms with E-state index in [9.17, 15) is 18.0 Å². The van der Waals surface area contributed by atoms with Crippen molar-refractivity contribution in [3.05, 3.63) is 47.4 Å². The number of benzene rings is 1. The molecule has 0 aromatic heterocycles. The van der Waals surface area contributed by atoms with Crippen LogP contribution in [0.5, 0.6) is 0 Å². The van der Waals surface area contributed by atoms with Gasteiger partial charge in [0.25, 0.3) is 11.8 Å². The van der Waals surface area contributed by atoms with Crippen molar-refractivity contribution in [2.24, 2.45) is 10.8 Å². The molecule has 1 aromatic rings. The summed E-state index contributed by atoms with van der Waals surface area (Å²) in [6.45, 7) is 1.02. The van der Waals surface area contributed by atoms with Gasteiger partial charge >= 0.3 is 0 Å². The molecule has 0 spiro atoms. The third-order valence-electron chi connectivity index (χ3n) is 4.65. The number of primary amides is 1. The summed E-state index contributed by atoms with van der Waals surface area (Å²) >= 11 is 0. The van der Waals surface area contributed by atoms with E-state index in [-0.39, 0.29) is 24.4 Å². The maximum atomic E-state index is 14.2. The Balaban J connectivity index is 1.99. The highest BCUT2D eigenvalue weighted by Crippen LogP contribution is 2.42. The normalized spacial score (nSPS) is 22.8. The SMILES string of the molecule is C/C=C(/C(N)=O)N1N=C(N2CC(F)(F)CC2c2cccc(F)c2)CCC1=N. The largest absolute Gasteiger partial charge is 0.364 e. The number of hydrazone groups is 1. The van der Waals surface area contributed by atoms with Crippen molar-refractivity contribution < 1.29 is 18.0 Å². The van der Waals surface area contributed by atoms with Crippen LogP contribution >= 0.6 is 0 Å². The fourth-order valence-electron chi connectivity index (χ4n) is 3.43. The Bertz CT molecular complexity index is 836. The molecule has 0 bridgehead atoms. The minimum absolute atomic E-state index is 0.00506. The third-order valence-corrected chi connectivity index (χ3v) is 4.65. The first-order valence-corrected chi connectivity index (χ1v) is 8.53. The number of amidine groups is 2. The first-order chi connectivity index (χ1) is 12.7. The minimum atomic E-state index is -2.96. The standard InChI is InChI=1S/C18H20F3N5O/c1-2-13(17(23)27)26-15(22)6-7-16(24-26)25-10-18(20,21)9-14(25)11-4-3-5-12(19)8-11/h2-5,8,14,22H,6-7,9-10H2,1H3,(H2,23,27)/b13-2-,22-15?. The molecular weight excluding hydrogens is 359 g/mol. The van der Waals surface area contributed by atoms with Gasteiger partial charge in [-0.2, -0.15) is 5.10 Å². The van der Waals surface area contributed by atoms with Crippen LogP contribution in [0.1, 0.15) is 37.8 Å². The van der Waals surface area contributed by atoms with Gasteiger partial charge in [0.15, 0.2) is 0 Å². The van der Waals surface area contributed by atoms with E-state index in [1.165, 1.54) is 29.2 Å². The van der Waals surface area contributed by atoms with Gasteiger partial charge in [-0.25, -0.2) is 18.2 Å². The molecule has 2 heterocycles. The maximum Gasteiger partial charge on any atom is 0.267 e. The molecule has 2 aliphatic heterocycles. The van der Waals surface area contributed by atoms with Crippen molar-refractivity contribution in [1.82, 2.24) is 9.91 Å². The van der Waals surface area contributed by atoms with Gasteiger partial charge in [0, 0.05) is 19.3 Å². The van der Waals surface area contributed by atoms with Crippen molar-refractivity contribution in [2.75, 3.05) is 6.54 Å². The van der Waals surface area contributed by atoms with E-state index < -0.39 is 36.7 Å². The van der Waals surface area contributed by atoms with Gasteiger partial charge in [-0.1, -0.05) is 18.2 Å². The average molecular weight is 379 g/mol. The third kappa shape index (κ3) is 3.81. The smallest absolute Gasteiger partial charge is 0.267 e. The number of likely N-dealkylation sites (tertiary alicyclic amines) is 1. The molecule has 1 amide bonds. The topological polar surface area (TPSA) is 85.8 Å². The second-order valence-electron chi connectivity index (χ2n) is 6.57. The van der Waals surface area contributed by atoms with Crippen molar-refractivity contribution in [3.63, 3.8) is 0 Å². The number of rotatable bonds is 3. The average Bonchev–Trinajstić information content (AvgIpc) is 2.92. The molecule has 9 heteroatoms. The van der Waals surface area contributed by atoms with Gasteiger partial charge in [0.2, 0.25) is 0 Å². The lowest BCUT2D eigenvalue weighted by Gasteiger charge is -2.33. The van der Waals surface area contributed by atoms with Crippen LogP contribution in [-0.4, -0.2) is 40.0 Å². The molecule has 3 rings (SSSR count). The zero-order valence-corrected chi connectivity index (χ0v) is 14.8. The molecule has 1 unspecified atom stereocenters. The van der Waals surface area contributed by atoms with Crippen LogP contribution < -0.4 is 5.73 Å². The minimum Gasteiger partial charge on any atom is -0.364 e. The molecule has 0 aliphatic carbocycles. The van der Waals surface area contributed by atoms with Gasteiger partial charge in [-0.15, -0.1) is 0 Å². The molecule has 2 aliphatic rings. The first-order valence-electron chi connectivity index (χ1n) is 8.53. The van der Waals surface area contributed by atoms with Gasteiger partial charge in [-0.3, -0.25) is 10.2 Å². The number of nitrogens with one attached hydrogen (secondary N) is 1. The highest BCUT2D eigenvalue weighted by molar-refractivity contribution is 6.00. The second kappa shape index (κ2) is 7.05. The van der Waals surface area contributed by atoms with Crippen LogP contribution in [0.15, 0.2) is 41.1 Å². The zero-order chi connectivity index (χ0) is 19.8. The Labute approximate surface area is 154 Å². The fraction of sp³-hybridized carbons (Fsp3) is 0.389. The van der Waals surface area contributed by atoms with Gasteiger partial charge in [-0.05, 0) is 24.6 Å². The van der Waals surface area contributed by atoms with E-state index in [0.717, 1.165) is 5.01 Å². The lowest BCUT2D eigenvalue weighted by Crippen LogP contribution is -2.42. The predicted molar refractivity (Wildman–Crippen MR) is 94.6 cm³/mol. The molecule has 144 valence electrons. The summed E-state index contributed by atoms with van der Waals surface area (Å²) < 4.78 is 42.0. The summed E-state index contributed by atoms with van der Waals surface area (Å²) in [6.07, 6.45) is 1.46. The maximum absolute atomic E-state index is 14.2. The summed E-state index contributed by atoms with van der Waals surface area (Å²) in [5.41, 5.74) is 5.77. The molecule has 1 saturated heterocycles. The molecule has 27 heavy (non-hydrogen) atoms. The lowest BCUT2D eigenvalue weighted by atomic mass is 10.0. The van der Waals surface area contributed by atoms with E-state index in [2.05, 4.69) is 5.10 Å². The van der Waals surface area contributed by atoms with E-state index in [1.807, 2.05) is 0 Å². The number of carbonyl (C=O) groups is 1. The van der Waals surface area contributed by atoms with Crippen LogP contribution in [-0.2, 0) is 4.79 Å². The molecule has 0 radical (unpaired) electrons. The van der Waals surface area contributed by atoms with Crippen molar-refractivity contribution in [1.29, 1.82) is 5.41 Å². The summed E-state index contributed by atoms with van der Waals surface area (Å²) in [6, 6.07) is 4.84. The Morgan fingerprint density at radius 1 is 1.41 bits per heavy atom. The van der Waals surface area contributed by atoms with Crippen molar-refractivity contribution in [2.45, 2.75) is 38.2 Å². The Morgan fingerprint density at radius 2 is 2.15 bits per heavy atom. The predicted octanol–water partition coefficient (Wildman–Crippen LogP) is 2.98. The molecular formula is C18H20F3N5O. The summed E-state index contributed by atoms with van der Waals surface area (Å²) in [7, 11) is 0. The quantitative estimate of drug-likeness (QED) is 0.792. The van der Waals surface area contributed by atoms with Crippen LogP contribution in [0, 0.1) is 11.2 Å². The Morgan fingerprint density at radius 3 is 2.78 bits per heavy atom. The highest BCUT2D eigenvalue weighted by atomic mass is 19.3. The van der Waals surface area contributed by atoms with Crippen LogP contribution in [0.3, 0.4) is 0 Å². The van der Waals surface area contributed by atoms with Crippen molar-refractivity contribution >= 4 is 17.6 Å².